The first-order chi connectivity index (χ1) is 12.9. The molecule has 2 amide bonds. The van der Waals surface area contributed by atoms with Crippen molar-refractivity contribution in [2.24, 2.45) is 11.8 Å². The minimum Gasteiger partial charge on any atom is -0.481 e. The average molecular weight is 391 g/mol. The van der Waals surface area contributed by atoms with E-state index in [-0.39, 0.29) is 17.7 Å². The number of hydrogen-bond acceptors (Lipinski definition) is 4. The number of hydrogen-bond donors (Lipinski definition) is 2. The highest BCUT2D eigenvalue weighted by atomic mass is 32.2. The quantitative estimate of drug-likeness (QED) is 0.825. The first-order valence-corrected chi connectivity index (χ1v) is 10.5. The Morgan fingerprint density at radius 1 is 1.15 bits per heavy atom. The second-order valence-electron chi connectivity index (χ2n) is 7.51. The molecule has 3 unspecified atom stereocenters. The summed E-state index contributed by atoms with van der Waals surface area (Å²) in [5.41, 5.74) is 2.99. The lowest BCUT2D eigenvalue weighted by atomic mass is 9.80. The van der Waals surface area contributed by atoms with E-state index in [1.54, 1.807) is 16.7 Å². The zero-order valence-electron chi connectivity index (χ0n) is 15.7. The van der Waals surface area contributed by atoms with Gasteiger partial charge in [0.25, 0.3) is 0 Å². The lowest BCUT2D eigenvalue weighted by Gasteiger charge is -2.31. The Morgan fingerprint density at radius 2 is 1.89 bits per heavy atom. The maximum Gasteiger partial charge on any atom is 0.306 e. The first-order valence-electron chi connectivity index (χ1n) is 9.36. The topological polar surface area (TPSA) is 86.7 Å². The van der Waals surface area contributed by atoms with Crippen LogP contribution in [0.25, 0.3) is 0 Å². The third-order valence-electron chi connectivity index (χ3n) is 5.62. The maximum atomic E-state index is 13.0. The highest BCUT2D eigenvalue weighted by Gasteiger charge is 2.40. The maximum absolute atomic E-state index is 13.0. The van der Waals surface area contributed by atoms with Gasteiger partial charge in [-0.2, -0.15) is 0 Å². The molecule has 3 rings (SSSR count). The molecule has 0 bridgehead atoms. The smallest absolute Gasteiger partial charge is 0.306 e. The lowest BCUT2D eigenvalue weighted by molar-refractivity contribution is -0.146. The molecule has 1 aromatic carbocycles. The van der Waals surface area contributed by atoms with E-state index >= 15 is 0 Å². The summed E-state index contributed by atoms with van der Waals surface area (Å²) in [6.45, 7) is 4.01. The summed E-state index contributed by atoms with van der Waals surface area (Å²) in [6.07, 6.45) is 2.45. The van der Waals surface area contributed by atoms with Crippen molar-refractivity contribution in [3.8, 4) is 0 Å². The molecule has 0 spiro atoms. The van der Waals surface area contributed by atoms with Crippen molar-refractivity contribution < 1.29 is 19.5 Å². The van der Waals surface area contributed by atoms with Crippen molar-refractivity contribution in [2.45, 2.75) is 45.6 Å². The minimum absolute atomic E-state index is 0.0776. The molecule has 6 nitrogen and oxygen atoms in total. The highest BCUT2D eigenvalue weighted by molar-refractivity contribution is 7.99. The molecular formula is C20H26N2O4S. The summed E-state index contributed by atoms with van der Waals surface area (Å²) < 4.78 is 0. The van der Waals surface area contributed by atoms with Crippen molar-refractivity contribution >= 4 is 35.2 Å². The number of carboxylic acid groups (broad SMARTS) is 1. The molecule has 1 heterocycles. The number of nitrogens with one attached hydrogen (secondary N) is 1. The third kappa shape index (κ3) is 4.46. The van der Waals surface area contributed by atoms with Gasteiger partial charge in [0.05, 0.1) is 11.8 Å². The van der Waals surface area contributed by atoms with Crippen molar-refractivity contribution in [3.05, 3.63) is 29.3 Å². The summed E-state index contributed by atoms with van der Waals surface area (Å²) in [6, 6.07) is 5.26. The molecular weight excluding hydrogens is 364 g/mol. The largest absolute Gasteiger partial charge is 0.481 e. The van der Waals surface area contributed by atoms with Crippen LogP contribution >= 0.6 is 11.8 Å². The number of carbonyl (C=O) groups is 3. The van der Waals surface area contributed by atoms with E-state index < -0.39 is 17.9 Å². The van der Waals surface area contributed by atoms with Gasteiger partial charge in [0.15, 0.2) is 0 Å². The van der Waals surface area contributed by atoms with Crippen LogP contribution in [0.1, 0.15) is 36.8 Å². The normalized spacial score (nSPS) is 25.3. The van der Waals surface area contributed by atoms with Gasteiger partial charge < -0.3 is 15.3 Å². The van der Waals surface area contributed by atoms with Crippen molar-refractivity contribution in [1.82, 2.24) is 4.90 Å². The Morgan fingerprint density at radius 3 is 2.59 bits per heavy atom. The van der Waals surface area contributed by atoms with Gasteiger partial charge in [-0.3, -0.25) is 14.4 Å². The van der Waals surface area contributed by atoms with Crippen LogP contribution in [0, 0.1) is 25.7 Å². The van der Waals surface area contributed by atoms with E-state index in [1.165, 1.54) is 0 Å². The van der Waals surface area contributed by atoms with Crippen molar-refractivity contribution in [2.75, 3.05) is 16.9 Å². The van der Waals surface area contributed by atoms with Gasteiger partial charge in [0.1, 0.15) is 6.04 Å². The molecule has 3 atom stereocenters. The van der Waals surface area contributed by atoms with E-state index in [9.17, 15) is 19.5 Å². The molecule has 27 heavy (non-hydrogen) atoms. The van der Waals surface area contributed by atoms with Crippen LogP contribution in [0.2, 0.25) is 0 Å². The Bertz CT molecular complexity index is 751. The molecule has 2 fully saturated rings. The summed E-state index contributed by atoms with van der Waals surface area (Å²) >= 11 is 1.56. The van der Waals surface area contributed by atoms with Gasteiger partial charge in [0, 0.05) is 17.4 Å². The van der Waals surface area contributed by atoms with Gasteiger partial charge in [-0.1, -0.05) is 12.5 Å². The van der Waals surface area contributed by atoms with E-state index in [1.807, 2.05) is 32.0 Å². The number of carbonyl (C=O) groups excluding carboxylic acids is 2. The van der Waals surface area contributed by atoms with Crippen LogP contribution in [-0.4, -0.2) is 45.5 Å². The standard InChI is InChI=1S/C20H26N2O4S/c1-12-6-7-16(8-13(12)2)21-18(23)17-10-27-11-22(17)19(24)14-4-3-5-15(9-14)20(25)26/h6-8,14-15,17H,3-5,9-11H2,1-2H3,(H,21,23)(H,25,26). The van der Waals surface area contributed by atoms with Crippen LogP contribution in [0.15, 0.2) is 18.2 Å². The number of aliphatic carboxylic acids is 1. The number of aryl methyl sites for hydroxylation is 2. The Hall–Kier alpha value is -2.02. The monoisotopic (exact) mass is 390 g/mol. The molecule has 1 saturated carbocycles. The number of rotatable bonds is 4. The number of carboxylic acids is 1. The van der Waals surface area contributed by atoms with Crippen LogP contribution in [0.4, 0.5) is 5.69 Å². The molecule has 2 N–H and O–H groups in total. The summed E-state index contributed by atoms with van der Waals surface area (Å²) in [5, 5.41) is 12.2. The minimum atomic E-state index is -0.827. The summed E-state index contributed by atoms with van der Waals surface area (Å²) in [5.74, 6) is -0.780. The molecule has 1 aromatic rings. The van der Waals surface area contributed by atoms with Crippen LogP contribution in [0.5, 0.6) is 0 Å². The first kappa shape index (κ1) is 19.7. The molecule has 7 heteroatoms. The van der Waals surface area contributed by atoms with Gasteiger partial charge in [0.2, 0.25) is 11.8 Å². The highest BCUT2D eigenvalue weighted by Crippen LogP contribution is 2.33. The van der Waals surface area contributed by atoms with Gasteiger partial charge >= 0.3 is 5.97 Å². The predicted molar refractivity (Wildman–Crippen MR) is 106 cm³/mol. The van der Waals surface area contributed by atoms with Gasteiger partial charge in [-0.25, -0.2) is 0 Å². The molecule has 1 aliphatic carbocycles. The number of anilines is 1. The zero-order chi connectivity index (χ0) is 19.6. The predicted octanol–water partition coefficient (Wildman–Crippen LogP) is 3.03. The molecule has 0 radical (unpaired) electrons. The van der Waals surface area contributed by atoms with E-state index in [2.05, 4.69) is 5.32 Å². The van der Waals surface area contributed by atoms with Crippen molar-refractivity contribution in [3.63, 3.8) is 0 Å². The Kier molecular flexibility index (Phi) is 6.09. The van der Waals surface area contributed by atoms with E-state index in [4.69, 9.17) is 0 Å². The number of amides is 2. The Labute approximate surface area is 163 Å². The summed E-state index contributed by atoms with van der Waals surface area (Å²) in [7, 11) is 0. The lowest BCUT2D eigenvalue weighted by Crippen LogP contribution is -2.47. The van der Waals surface area contributed by atoms with Crippen LogP contribution < -0.4 is 5.32 Å². The third-order valence-corrected chi connectivity index (χ3v) is 6.63. The van der Waals surface area contributed by atoms with E-state index in [0.717, 1.165) is 23.2 Å². The second kappa shape index (κ2) is 8.33. The number of nitrogens with zero attached hydrogens (tertiary/aromatic N) is 1. The number of thioether (sulfide) groups is 1. The van der Waals surface area contributed by atoms with Gasteiger partial charge in [-0.05, 0) is 56.4 Å². The fourth-order valence-corrected chi connectivity index (χ4v) is 4.96. The van der Waals surface area contributed by atoms with E-state index in [0.29, 0.717) is 30.9 Å². The fourth-order valence-electron chi connectivity index (χ4n) is 3.79. The van der Waals surface area contributed by atoms with Gasteiger partial charge in [-0.15, -0.1) is 11.8 Å². The fraction of sp³-hybridized carbons (Fsp3) is 0.550. The molecule has 1 saturated heterocycles. The number of benzene rings is 1. The molecule has 1 aliphatic heterocycles. The van der Waals surface area contributed by atoms with Crippen LogP contribution in [-0.2, 0) is 14.4 Å². The summed E-state index contributed by atoms with van der Waals surface area (Å²) in [4.78, 5) is 38.7. The average Bonchev–Trinajstić information content (AvgIpc) is 3.14. The SMILES string of the molecule is Cc1ccc(NC(=O)C2CSCN2C(=O)C2CCCC(C(=O)O)C2)cc1C. The molecule has 146 valence electrons. The van der Waals surface area contributed by atoms with Crippen LogP contribution in [0.3, 0.4) is 0 Å². The molecule has 2 aliphatic rings. The zero-order valence-corrected chi connectivity index (χ0v) is 16.6. The Balaban J connectivity index is 1.66. The molecule has 0 aromatic heterocycles. The van der Waals surface area contributed by atoms with Crippen molar-refractivity contribution in [1.29, 1.82) is 0 Å². The second-order valence-corrected chi connectivity index (χ2v) is 8.51.